The van der Waals surface area contributed by atoms with Crippen molar-refractivity contribution in [2.45, 2.75) is 19.8 Å². The van der Waals surface area contributed by atoms with Gasteiger partial charge < -0.3 is 20.1 Å². The van der Waals surface area contributed by atoms with Crippen LogP contribution in [0.3, 0.4) is 0 Å². The standard InChI is InChI=1S/C22H26N4O2/c1-4-16-5-8-18(9-6-16)26-22-14-21(24-15-25-22)23-12-11-17-7-10-19(27-2)20(13-17)28-3/h5-10,13-15H,4,11-12H2,1-3H3,(H2,23,24,25,26). The number of hydrogen-bond donors (Lipinski definition) is 2. The number of anilines is 3. The van der Waals surface area contributed by atoms with Gasteiger partial charge in [-0.05, 0) is 48.2 Å². The van der Waals surface area contributed by atoms with Gasteiger partial charge in [-0.1, -0.05) is 25.1 Å². The summed E-state index contributed by atoms with van der Waals surface area (Å²) in [7, 11) is 3.28. The lowest BCUT2D eigenvalue weighted by Gasteiger charge is -2.11. The van der Waals surface area contributed by atoms with Crippen molar-refractivity contribution in [3.8, 4) is 11.5 Å². The molecule has 146 valence electrons. The van der Waals surface area contributed by atoms with Crippen molar-refractivity contribution < 1.29 is 9.47 Å². The Kier molecular flexibility index (Phi) is 6.68. The van der Waals surface area contributed by atoms with Crippen LogP contribution in [0.25, 0.3) is 0 Å². The van der Waals surface area contributed by atoms with Gasteiger partial charge >= 0.3 is 0 Å². The second-order valence-corrected chi connectivity index (χ2v) is 6.33. The van der Waals surface area contributed by atoms with Gasteiger partial charge in [0.25, 0.3) is 0 Å². The Labute approximate surface area is 166 Å². The maximum atomic E-state index is 5.35. The van der Waals surface area contributed by atoms with E-state index in [1.807, 2.05) is 24.3 Å². The van der Waals surface area contributed by atoms with E-state index in [0.29, 0.717) is 0 Å². The Morgan fingerprint density at radius 2 is 1.54 bits per heavy atom. The molecule has 1 heterocycles. The van der Waals surface area contributed by atoms with Crippen molar-refractivity contribution in [2.75, 3.05) is 31.4 Å². The number of benzene rings is 2. The number of aryl methyl sites for hydroxylation is 1. The molecule has 0 unspecified atom stereocenters. The topological polar surface area (TPSA) is 68.3 Å². The highest BCUT2D eigenvalue weighted by Gasteiger charge is 2.05. The number of aromatic nitrogens is 2. The number of ether oxygens (including phenoxy) is 2. The lowest BCUT2D eigenvalue weighted by molar-refractivity contribution is 0.354. The molecule has 3 aromatic rings. The molecular formula is C22H26N4O2. The van der Waals surface area contributed by atoms with Crippen molar-refractivity contribution in [2.24, 2.45) is 0 Å². The summed E-state index contributed by atoms with van der Waals surface area (Å²) in [6.07, 6.45) is 3.43. The minimum absolute atomic E-state index is 0.734. The van der Waals surface area contributed by atoms with Gasteiger partial charge in [0.1, 0.15) is 18.0 Å². The summed E-state index contributed by atoms with van der Waals surface area (Å²) in [5.74, 6) is 3.01. The highest BCUT2D eigenvalue weighted by Crippen LogP contribution is 2.27. The van der Waals surface area contributed by atoms with E-state index >= 15 is 0 Å². The summed E-state index contributed by atoms with van der Waals surface area (Å²) < 4.78 is 10.6. The molecule has 0 saturated carbocycles. The number of rotatable bonds is 9. The van der Waals surface area contributed by atoms with Gasteiger partial charge in [-0.25, -0.2) is 9.97 Å². The molecule has 2 N–H and O–H groups in total. The van der Waals surface area contributed by atoms with E-state index in [2.05, 4.69) is 51.8 Å². The first-order chi connectivity index (χ1) is 13.7. The van der Waals surface area contributed by atoms with E-state index in [1.165, 1.54) is 5.56 Å². The fourth-order valence-electron chi connectivity index (χ4n) is 2.87. The van der Waals surface area contributed by atoms with Crippen LogP contribution in [0.15, 0.2) is 54.9 Å². The summed E-state index contributed by atoms with van der Waals surface area (Å²) in [6, 6.07) is 16.2. The zero-order valence-electron chi connectivity index (χ0n) is 16.5. The summed E-state index contributed by atoms with van der Waals surface area (Å²) in [6.45, 7) is 2.89. The summed E-state index contributed by atoms with van der Waals surface area (Å²) in [5, 5.41) is 6.65. The van der Waals surface area contributed by atoms with Crippen LogP contribution in [-0.4, -0.2) is 30.7 Å². The van der Waals surface area contributed by atoms with E-state index in [1.54, 1.807) is 20.5 Å². The van der Waals surface area contributed by atoms with Gasteiger partial charge in [-0.15, -0.1) is 0 Å². The van der Waals surface area contributed by atoms with E-state index in [4.69, 9.17) is 9.47 Å². The molecule has 0 spiro atoms. The molecule has 0 atom stereocenters. The molecule has 0 aliphatic carbocycles. The molecule has 0 amide bonds. The fourth-order valence-corrected chi connectivity index (χ4v) is 2.87. The average molecular weight is 378 g/mol. The van der Waals surface area contributed by atoms with Crippen molar-refractivity contribution in [1.29, 1.82) is 0 Å². The molecule has 0 fully saturated rings. The van der Waals surface area contributed by atoms with Crippen LogP contribution in [-0.2, 0) is 12.8 Å². The predicted octanol–water partition coefficient (Wildman–Crippen LogP) is 4.45. The van der Waals surface area contributed by atoms with Crippen LogP contribution in [0.2, 0.25) is 0 Å². The molecule has 0 aliphatic heterocycles. The maximum absolute atomic E-state index is 5.35. The molecule has 3 rings (SSSR count). The largest absolute Gasteiger partial charge is 0.493 e. The van der Waals surface area contributed by atoms with Gasteiger partial charge in [0.2, 0.25) is 0 Å². The number of hydrogen-bond acceptors (Lipinski definition) is 6. The number of nitrogens with one attached hydrogen (secondary N) is 2. The first-order valence-electron chi connectivity index (χ1n) is 9.34. The normalized spacial score (nSPS) is 10.4. The zero-order valence-corrected chi connectivity index (χ0v) is 16.5. The van der Waals surface area contributed by atoms with Crippen LogP contribution in [0.1, 0.15) is 18.1 Å². The zero-order chi connectivity index (χ0) is 19.8. The number of nitrogens with zero attached hydrogens (tertiary/aromatic N) is 2. The predicted molar refractivity (Wildman–Crippen MR) is 113 cm³/mol. The van der Waals surface area contributed by atoms with E-state index in [0.717, 1.165) is 53.8 Å². The lowest BCUT2D eigenvalue weighted by Crippen LogP contribution is -2.07. The van der Waals surface area contributed by atoms with Gasteiger partial charge in [-0.3, -0.25) is 0 Å². The van der Waals surface area contributed by atoms with Crippen LogP contribution in [0.5, 0.6) is 11.5 Å². The molecule has 28 heavy (non-hydrogen) atoms. The van der Waals surface area contributed by atoms with E-state index < -0.39 is 0 Å². The second-order valence-electron chi connectivity index (χ2n) is 6.33. The summed E-state index contributed by atoms with van der Waals surface area (Å²) in [5.41, 5.74) is 3.48. The SMILES string of the molecule is CCc1ccc(Nc2cc(NCCc3ccc(OC)c(OC)c3)ncn2)cc1. The third-order valence-corrected chi connectivity index (χ3v) is 4.47. The van der Waals surface area contributed by atoms with Gasteiger partial charge in [0.15, 0.2) is 11.5 Å². The van der Waals surface area contributed by atoms with Crippen molar-refractivity contribution >= 4 is 17.3 Å². The Morgan fingerprint density at radius 3 is 2.25 bits per heavy atom. The smallest absolute Gasteiger partial charge is 0.160 e. The Bertz CT molecular complexity index is 897. The lowest BCUT2D eigenvalue weighted by atomic mass is 10.1. The monoisotopic (exact) mass is 378 g/mol. The van der Waals surface area contributed by atoms with E-state index in [9.17, 15) is 0 Å². The first kappa shape index (κ1) is 19.5. The number of methoxy groups -OCH3 is 2. The highest BCUT2D eigenvalue weighted by molar-refractivity contribution is 5.59. The first-order valence-corrected chi connectivity index (χ1v) is 9.34. The van der Waals surface area contributed by atoms with Crippen LogP contribution in [0.4, 0.5) is 17.3 Å². The quantitative estimate of drug-likeness (QED) is 0.573. The molecular weight excluding hydrogens is 352 g/mol. The van der Waals surface area contributed by atoms with Crippen LogP contribution >= 0.6 is 0 Å². The summed E-state index contributed by atoms with van der Waals surface area (Å²) in [4.78, 5) is 8.59. The van der Waals surface area contributed by atoms with Gasteiger partial charge in [0.05, 0.1) is 14.2 Å². The molecule has 0 aliphatic rings. The Balaban J connectivity index is 1.57. The molecule has 0 bridgehead atoms. The van der Waals surface area contributed by atoms with E-state index in [-0.39, 0.29) is 0 Å². The van der Waals surface area contributed by atoms with Gasteiger partial charge in [0, 0.05) is 18.3 Å². The Morgan fingerprint density at radius 1 is 0.821 bits per heavy atom. The van der Waals surface area contributed by atoms with Crippen molar-refractivity contribution in [3.63, 3.8) is 0 Å². The minimum Gasteiger partial charge on any atom is -0.493 e. The summed E-state index contributed by atoms with van der Waals surface area (Å²) >= 11 is 0. The third kappa shape index (κ3) is 5.13. The van der Waals surface area contributed by atoms with Crippen molar-refractivity contribution in [3.05, 3.63) is 66.0 Å². The third-order valence-electron chi connectivity index (χ3n) is 4.47. The molecule has 6 heteroatoms. The van der Waals surface area contributed by atoms with Crippen LogP contribution in [0, 0.1) is 0 Å². The maximum Gasteiger partial charge on any atom is 0.160 e. The molecule has 6 nitrogen and oxygen atoms in total. The van der Waals surface area contributed by atoms with Crippen LogP contribution < -0.4 is 20.1 Å². The van der Waals surface area contributed by atoms with Crippen molar-refractivity contribution in [1.82, 2.24) is 9.97 Å². The fraction of sp³-hybridized carbons (Fsp3) is 0.273. The Hall–Kier alpha value is -3.28. The molecule has 1 aromatic heterocycles. The van der Waals surface area contributed by atoms with Gasteiger partial charge in [-0.2, -0.15) is 0 Å². The average Bonchev–Trinajstić information content (AvgIpc) is 2.74. The highest BCUT2D eigenvalue weighted by atomic mass is 16.5. The molecule has 0 saturated heterocycles. The molecule has 0 radical (unpaired) electrons. The molecule has 2 aromatic carbocycles. The second kappa shape index (κ2) is 9.60. The minimum atomic E-state index is 0.734.